The van der Waals surface area contributed by atoms with Crippen molar-refractivity contribution < 1.29 is 9.84 Å². The first-order valence-corrected chi connectivity index (χ1v) is 5.26. The quantitative estimate of drug-likeness (QED) is 0.582. The Morgan fingerprint density at radius 2 is 2.15 bits per heavy atom. The van der Waals surface area contributed by atoms with Gasteiger partial charge in [0, 0.05) is 12.1 Å². The molecule has 3 heteroatoms. The molecule has 1 saturated carbocycles. The molecule has 0 spiro atoms. The van der Waals surface area contributed by atoms with Crippen molar-refractivity contribution in [2.45, 2.75) is 38.1 Å². The third-order valence-electron chi connectivity index (χ3n) is 2.97. The highest BCUT2D eigenvalue weighted by atomic mass is 16.5. The van der Waals surface area contributed by atoms with Crippen molar-refractivity contribution in [3.05, 3.63) is 0 Å². The second-order valence-corrected chi connectivity index (χ2v) is 3.75. The van der Waals surface area contributed by atoms with Gasteiger partial charge in [0.2, 0.25) is 0 Å². The summed E-state index contributed by atoms with van der Waals surface area (Å²) in [7, 11) is 0. The van der Waals surface area contributed by atoms with Crippen molar-refractivity contribution in [3.8, 4) is 0 Å². The van der Waals surface area contributed by atoms with Crippen LogP contribution < -0.4 is 5.32 Å². The van der Waals surface area contributed by atoms with Gasteiger partial charge in [0.05, 0.1) is 19.8 Å². The maximum absolute atomic E-state index is 8.48. The average molecular weight is 187 g/mol. The summed E-state index contributed by atoms with van der Waals surface area (Å²) in [6.07, 6.45) is 5.19. The van der Waals surface area contributed by atoms with Gasteiger partial charge < -0.3 is 15.2 Å². The van der Waals surface area contributed by atoms with Crippen LogP contribution in [-0.2, 0) is 4.74 Å². The van der Waals surface area contributed by atoms with Crippen LogP contribution in [0, 0.1) is 0 Å². The Hall–Kier alpha value is -0.120. The molecule has 0 aliphatic heterocycles. The van der Waals surface area contributed by atoms with Crippen LogP contribution in [-0.4, -0.2) is 37.0 Å². The van der Waals surface area contributed by atoms with Crippen molar-refractivity contribution in [3.63, 3.8) is 0 Å². The summed E-state index contributed by atoms with van der Waals surface area (Å²) in [6, 6.07) is 0. The highest BCUT2D eigenvalue weighted by Crippen LogP contribution is 2.34. The Kier molecular flexibility index (Phi) is 4.70. The lowest BCUT2D eigenvalue weighted by Gasteiger charge is -2.42. The largest absolute Gasteiger partial charge is 0.394 e. The number of hydrogen-bond donors (Lipinski definition) is 2. The molecule has 2 N–H and O–H groups in total. The number of rotatable bonds is 7. The topological polar surface area (TPSA) is 41.5 Å². The Labute approximate surface area is 80.5 Å². The zero-order valence-electron chi connectivity index (χ0n) is 8.51. The summed E-state index contributed by atoms with van der Waals surface area (Å²) in [5.74, 6) is 0. The minimum Gasteiger partial charge on any atom is -0.394 e. The van der Waals surface area contributed by atoms with Gasteiger partial charge in [0.1, 0.15) is 0 Å². The smallest absolute Gasteiger partial charge is 0.0698 e. The van der Waals surface area contributed by atoms with Crippen LogP contribution in [0.2, 0.25) is 0 Å². The first-order valence-electron chi connectivity index (χ1n) is 5.26. The lowest BCUT2D eigenvalue weighted by atomic mass is 9.75. The van der Waals surface area contributed by atoms with Crippen LogP contribution in [0.3, 0.4) is 0 Å². The van der Waals surface area contributed by atoms with E-state index in [1.807, 2.05) is 0 Å². The highest BCUT2D eigenvalue weighted by molar-refractivity contribution is 4.94. The first-order chi connectivity index (χ1) is 6.33. The predicted octanol–water partition coefficient (Wildman–Crippen LogP) is 0.918. The molecule has 1 aliphatic rings. The molecule has 0 aromatic carbocycles. The SMILES string of the molecule is CCC1(NCCOCCO)CCC1. The van der Waals surface area contributed by atoms with E-state index in [0.29, 0.717) is 18.8 Å². The summed E-state index contributed by atoms with van der Waals surface area (Å²) in [5.41, 5.74) is 0.419. The zero-order valence-corrected chi connectivity index (χ0v) is 8.51. The van der Waals surface area contributed by atoms with Gasteiger partial charge in [-0.15, -0.1) is 0 Å². The molecular formula is C10H21NO2. The van der Waals surface area contributed by atoms with E-state index in [4.69, 9.17) is 9.84 Å². The van der Waals surface area contributed by atoms with Crippen LogP contribution >= 0.6 is 0 Å². The van der Waals surface area contributed by atoms with Crippen LogP contribution in [0.15, 0.2) is 0 Å². The lowest BCUT2D eigenvalue weighted by molar-refractivity contribution is 0.0811. The summed E-state index contributed by atoms with van der Waals surface area (Å²) < 4.78 is 5.18. The standard InChI is InChI=1S/C10H21NO2/c1-2-10(4-3-5-10)11-6-8-13-9-7-12/h11-12H,2-9H2,1H3. The van der Waals surface area contributed by atoms with Gasteiger partial charge in [0.15, 0.2) is 0 Å². The number of nitrogens with one attached hydrogen (secondary N) is 1. The van der Waals surface area contributed by atoms with E-state index in [0.717, 1.165) is 6.54 Å². The van der Waals surface area contributed by atoms with E-state index in [1.54, 1.807) is 0 Å². The normalized spacial score (nSPS) is 19.8. The van der Waals surface area contributed by atoms with E-state index in [-0.39, 0.29) is 6.61 Å². The summed E-state index contributed by atoms with van der Waals surface area (Å²) in [6.45, 7) is 4.44. The summed E-state index contributed by atoms with van der Waals surface area (Å²) in [4.78, 5) is 0. The molecule has 0 unspecified atom stereocenters. The molecule has 13 heavy (non-hydrogen) atoms. The average Bonchev–Trinajstić information content (AvgIpc) is 2.09. The molecule has 1 rings (SSSR count). The highest BCUT2D eigenvalue weighted by Gasteiger charge is 2.33. The number of aliphatic hydroxyl groups is 1. The minimum atomic E-state index is 0.124. The van der Waals surface area contributed by atoms with Crippen molar-refractivity contribution >= 4 is 0 Å². The van der Waals surface area contributed by atoms with Gasteiger partial charge in [-0.3, -0.25) is 0 Å². The van der Waals surface area contributed by atoms with Gasteiger partial charge in [-0.1, -0.05) is 6.92 Å². The van der Waals surface area contributed by atoms with Crippen molar-refractivity contribution in [2.75, 3.05) is 26.4 Å². The Bertz CT molecular complexity index is 129. The molecule has 0 amide bonds. The van der Waals surface area contributed by atoms with E-state index >= 15 is 0 Å². The van der Waals surface area contributed by atoms with Gasteiger partial charge in [-0.25, -0.2) is 0 Å². The third-order valence-corrected chi connectivity index (χ3v) is 2.97. The Morgan fingerprint density at radius 1 is 1.38 bits per heavy atom. The fourth-order valence-corrected chi connectivity index (χ4v) is 1.81. The summed E-state index contributed by atoms with van der Waals surface area (Å²) >= 11 is 0. The number of aliphatic hydroxyl groups excluding tert-OH is 1. The molecule has 0 aromatic rings. The molecule has 3 nitrogen and oxygen atoms in total. The van der Waals surface area contributed by atoms with Gasteiger partial charge in [-0.05, 0) is 25.7 Å². The van der Waals surface area contributed by atoms with Crippen molar-refractivity contribution in [2.24, 2.45) is 0 Å². The summed E-state index contributed by atoms with van der Waals surface area (Å²) in [5, 5.41) is 12.0. The van der Waals surface area contributed by atoms with Crippen LogP contribution in [0.4, 0.5) is 0 Å². The lowest BCUT2D eigenvalue weighted by Crippen LogP contribution is -2.51. The van der Waals surface area contributed by atoms with Gasteiger partial charge in [-0.2, -0.15) is 0 Å². The maximum atomic E-state index is 8.48. The Balaban J connectivity index is 1.98. The molecule has 78 valence electrons. The molecule has 0 aromatic heterocycles. The molecular weight excluding hydrogens is 166 g/mol. The first kappa shape index (κ1) is 11.0. The van der Waals surface area contributed by atoms with Crippen molar-refractivity contribution in [1.82, 2.24) is 5.32 Å². The maximum Gasteiger partial charge on any atom is 0.0698 e. The Morgan fingerprint density at radius 3 is 2.62 bits per heavy atom. The van der Waals surface area contributed by atoms with E-state index in [1.165, 1.54) is 25.7 Å². The van der Waals surface area contributed by atoms with Crippen LogP contribution in [0.5, 0.6) is 0 Å². The fraction of sp³-hybridized carbons (Fsp3) is 1.00. The van der Waals surface area contributed by atoms with Crippen LogP contribution in [0.1, 0.15) is 32.6 Å². The van der Waals surface area contributed by atoms with Gasteiger partial charge in [0.25, 0.3) is 0 Å². The van der Waals surface area contributed by atoms with Crippen LogP contribution in [0.25, 0.3) is 0 Å². The molecule has 1 fully saturated rings. The molecule has 0 radical (unpaired) electrons. The zero-order chi connectivity index (χ0) is 9.57. The number of ether oxygens (including phenoxy) is 1. The molecule has 0 atom stereocenters. The third kappa shape index (κ3) is 3.25. The van der Waals surface area contributed by atoms with E-state index in [9.17, 15) is 0 Å². The molecule has 0 saturated heterocycles. The minimum absolute atomic E-state index is 0.124. The predicted molar refractivity (Wildman–Crippen MR) is 52.8 cm³/mol. The molecule has 1 aliphatic carbocycles. The monoisotopic (exact) mass is 187 g/mol. The van der Waals surface area contributed by atoms with Gasteiger partial charge >= 0.3 is 0 Å². The van der Waals surface area contributed by atoms with Crippen molar-refractivity contribution in [1.29, 1.82) is 0 Å². The van der Waals surface area contributed by atoms with E-state index in [2.05, 4.69) is 12.2 Å². The number of hydrogen-bond acceptors (Lipinski definition) is 3. The molecule has 0 bridgehead atoms. The second kappa shape index (κ2) is 5.58. The molecule has 0 heterocycles. The van der Waals surface area contributed by atoms with E-state index < -0.39 is 0 Å². The fourth-order valence-electron chi connectivity index (χ4n) is 1.81. The second-order valence-electron chi connectivity index (χ2n) is 3.75.